The summed E-state index contributed by atoms with van der Waals surface area (Å²) in [5.41, 5.74) is 3.53. The first kappa shape index (κ1) is 29.2. The van der Waals surface area contributed by atoms with E-state index < -0.39 is 18.0 Å². The molecule has 1 fully saturated rings. The van der Waals surface area contributed by atoms with Crippen molar-refractivity contribution in [3.05, 3.63) is 95.6 Å². The van der Waals surface area contributed by atoms with Crippen molar-refractivity contribution in [1.82, 2.24) is 25.3 Å². The Balaban J connectivity index is 1.35. The third kappa shape index (κ3) is 6.84. The second-order valence-electron chi connectivity index (χ2n) is 11.1. The van der Waals surface area contributed by atoms with Gasteiger partial charge in [-0.15, -0.1) is 0 Å². The highest BCUT2D eigenvalue weighted by molar-refractivity contribution is 5.96. The number of ether oxygens (including phenoxy) is 3. The monoisotopic (exact) mass is 599 g/mol. The van der Waals surface area contributed by atoms with Crippen LogP contribution in [-0.2, 0) is 24.9 Å². The zero-order valence-electron chi connectivity index (χ0n) is 24.6. The zero-order chi connectivity index (χ0) is 30.6. The lowest BCUT2D eigenvalue weighted by Gasteiger charge is -2.38. The number of methoxy groups -OCH3 is 1. The first-order valence-electron chi connectivity index (χ1n) is 14.5. The third-order valence-corrected chi connectivity index (χ3v) is 7.80. The maximum absolute atomic E-state index is 14.7. The van der Waals surface area contributed by atoms with E-state index in [-0.39, 0.29) is 25.0 Å². The average molecular weight is 600 g/mol. The Morgan fingerprint density at radius 1 is 1.07 bits per heavy atom. The molecule has 0 aliphatic carbocycles. The molecule has 0 radical (unpaired) electrons. The van der Waals surface area contributed by atoms with Crippen LogP contribution >= 0.6 is 0 Å². The molecule has 2 aliphatic heterocycles. The number of benzene rings is 3. The van der Waals surface area contributed by atoms with E-state index in [0.717, 1.165) is 11.1 Å². The van der Waals surface area contributed by atoms with Gasteiger partial charge in [0.25, 0.3) is 11.8 Å². The quantitative estimate of drug-likeness (QED) is 0.370. The summed E-state index contributed by atoms with van der Waals surface area (Å²) in [6, 6.07) is 16.5. The molecule has 3 aromatic carbocycles. The van der Waals surface area contributed by atoms with Gasteiger partial charge in [-0.1, -0.05) is 12.1 Å². The Bertz CT molecular complexity index is 1670. The second kappa shape index (κ2) is 12.8. The standard InChI is InChI=1S/C33H34FN5O5/c1-38-17-22(16-36-38)18-39-9-8-31-29(19-39)37-33(41)24-6-7-30(42-2)28(13-24)23-4-3-5-26(12-23)43-20-32(40)35-15-21-10-25(34)14-27(11-21)44-31/h3-7,10-14,16-17,29,31H,8-9,15,18-20H2,1-2H3,(H,35,40)(H,37,41)/t29-,31-/m1/s1. The molecule has 0 unspecified atom stereocenters. The first-order valence-corrected chi connectivity index (χ1v) is 14.5. The molecular formula is C33H34FN5O5. The topological polar surface area (TPSA) is 107 Å². The molecule has 6 bridgehead atoms. The van der Waals surface area contributed by atoms with Gasteiger partial charge in [-0.3, -0.25) is 19.2 Å². The van der Waals surface area contributed by atoms with Gasteiger partial charge in [0.1, 0.15) is 29.2 Å². The Kier molecular flexibility index (Phi) is 8.47. The number of aryl methyl sites for hydroxylation is 1. The molecule has 2 N–H and O–H groups in total. The molecule has 1 aromatic heterocycles. The number of rotatable bonds is 3. The summed E-state index contributed by atoms with van der Waals surface area (Å²) < 4.78 is 34.1. The number of fused-ring (bicyclic) bond motifs is 8. The minimum atomic E-state index is -0.480. The number of aromatic nitrogens is 2. The predicted octanol–water partition coefficient (Wildman–Crippen LogP) is 3.70. The molecule has 3 heterocycles. The van der Waals surface area contributed by atoms with E-state index in [0.29, 0.717) is 60.0 Å². The number of piperidine rings is 1. The molecule has 2 aliphatic rings. The van der Waals surface area contributed by atoms with Crippen molar-refractivity contribution in [2.75, 3.05) is 26.8 Å². The Labute approximate surface area is 254 Å². The lowest BCUT2D eigenvalue weighted by molar-refractivity contribution is -0.123. The van der Waals surface area contributed by atoms with Gasteiger partial charge in [-0.05, 0) is 60.0 Å². The highest BCUT2D eigenvalue weighted by Crippen LogP contribution is 2.33. The van der Waals surface area contributed by atoms with E-state index in [2.05, 4.69) is 20.6 Å². The van der Waals surface area contributed by atoms with E-state index in [4.69, 9.17) is 14.2 Å². The number of hydrogen-bond donors (Lipinski definition) is 2. The highest BCUT2D eigenvalue weighted by Gasteiger charge is 2.33. The molecule has 2 atom stereocenters. The minimum Gasteiger partial charge on any atom is -0.496 e. The summed E-state index contributed by atoms with van der Waals surface area (Å²) in [6.45, 7) is 1.78. The summed E-state index contributed by atoms with van der Waals surface area (Å²) in [7, 11) is 3.45. The molecule has 4 aromatic rings. The van der Waals surface area contributed by atoms with Crippen LogP contribution in [-0.4, -0.2) is 65.4 Å². The number of nitrogens with one attached hydrogen (secondary N) is 2. The van der Waals surface area contributed by atoms with Crippen LogP contribution in [0.3, 0.4) is 0 Å². The maximum atomic E-state index is 14.7. The number of hydrogen-bond acceptors (Lipinski definition) is 7. The van der Waals surface area contributed by atoms with Crippen LogP contribution in [0, 0.1) is 5.82 Å². The molecule has 6 rings (SSSR count). The van der Waals surface area contributed by atoms with Crippen LogP contribution in [0.5, 0.6) is 17.2 Å². The second-order valence-corrected chi connectivity index (χ2v) is 11.1. The molecule has 10 nitrogen and oxygen atoms in total. The smallest absolute Gasteiger partial charge is 0.258 e. The molecular weight excluding hydrogens is 565 g/mol. The molecule has 44 heavy (non-hydrogen) atoms. The van der Waals surface area contributed by atoms with E-state index in [1.54, 1.807) is 48.2 Å². The lowest BCUT2D eigenvalue weighted by Crippen LogP contribution is -2.56. The van der Waals surface area contributed by atoms with Crippen LogP contribution in [0.1, 0.15) is 27.9 Å². The van der Waals surface area contributed by atoms with Gasteiger partial charge in [0.2, 0.25) is 0 Å². The van der Waals surface area contributed by atoms with Gasteiger partial charge in [0.15, 0.2) is 6.61 Å². The van der Waals surface area contributed by atoms with Crippen molar-refractivity contribution in [2.45, 2.75) is 31.7 Å². The summed E-state index contributed by atoms with van der Waals surface area (Å²) in [6.07, 6.45) is 3.99. The summed E-state index contributed by atoms with van der Waals surface area (Å²) in [5.74, 6) is 0.297. The average Bonchev–Trinajstić information content (AvgIpc) is 3.43. The Hall–Kier alpha value is -4.90. The van der Waals surface area contributed by atoms with Crippen LogP contribution in [0.2, 0.25) is 0 Å². The van der Waals surface area contributed by atoms with E-state index in [9.17, 15) is 14.0 Å². The van der Waals surface area contributed by atoms with Gasteiger partial charge in [-0.25, -0.2) is 4.39 Å². The van der Waals surface area contributed by atoms with Crippen molar-refractivity contribution >= 4 is 11.8 Å². The van der Waals surface area contributed by atoms with Crippen molar-refractivity contribution in [2.24, 2.45) is 7.05 Å². The maximum Gasteiger partial charge on any atom is 0.258 e. The predicted molar refractivity (Wildman–Crippen MR) is 161 cm³/mol. The van der Waals surface area contributed by atoms with Gasteiger partial charge < -0.3 is 24.8 Å². The van der Waals surface area contributed by atoms with Crippen molar-refractivity contribution in [1.29, 1.82) is 0 Å². The minimum absolute atomic E-state index is 0.100. The fourth-order valence-electron chi connectivity index (χ4n) is 5.68. The summed E-state index contributed by atoms with van der Waals surface area (Å²) in [5, 5.41) is 10.2. The zero-order valence-corrected chi connectivity index (χ0v) is 24.6. The van der Waals surface area contributed by atoms with Crippen LogP contribution in [0.15, 0.2) is 73.1 Å². The number of amides is 2. The largest absolute Gasteiger partial charge is 0.496 e. The summed E-state index contributed by atoms with van der Waals surface area (Å²) >= 11 is 0. The SMILES string of the molecule is COc1ccc2cc1-c1cccc(c1)OCC(=O)NCc1cc(F)cc(c1)O[C@@H]1CCN(Cc3cnn(C)c3)C[C@H]1NC2=O. The lowest BCUT2D eigenvalue weighted by atomic mass is 9.99. The van der Waals surface area contributed by atoms with Crippen LogP contribution in [0.4, 0.5) is 4.39 Å². The molecule has 11 heteroatoms. The van der Waals surface area contributed by atoms with E-state index in [1.165, 1.54) is 12.1 Å². The summed E-state index contributed by atoms with van der Waals surface area (Å²) in [4.78, 5) is 28.6. The first-order chi connectivity index (χ1) is 21.3. The Morgan fingerprint density at radius 3 is 2.77 bits per heavy atom. The van der Waals surface area contributed by atoms with E-state index >= 15 is 0 Å². The molecule has 0 saturated carbocycles. The molecule has 2 amide bonds. The number of halogens is 1. The number of carbonyl (C=O) groups is 2. The van der Waals surface area contributed by atoms with Gasteiger partial charge in [-0.2, -0.15) is 5.10 Å². The third-order valence-electron chi connectivity index (χ3n) is 7.80. The number of nitrogens with zero attached hydrogens (tertiary/aromatic N) is 3. The number of likely N-dealkylation sites (tertiary alicyclic amines) is 1. The highest BCUT2D eigenvalue weighted by atomic mass is 19.1. The molecule has 0 spiro atoms. The Morgan fingerprint density at radius 2 is 1.95 bits per heavy atom. The van der Waals surface area contributed by atoms with Gasteiger partial charge >= 0.3 is 0 Å². The molecule has 1 saturated heterocycles. The van der Waals surface area contributed by atoms with Crippen LogP contribution in [0.25, 0.3) is 11.1 Å². The fourth-order valence-corrected chi connectivity index (χ4v) is 5.68. The van der Waals surface area contributed by atoms with Crippen molar-refractivity contribution in [3.63, 3.8) is 0 Å². The van der Waals surface area contributed by atoms with Crippen molar-refractivity contribution in [3.8, 4) is 28.4 Å². The van der Waals surface area contributed by atoms with Crippen molar-refractivity contribution < 1.29 is 28.2 Å². The fraction of sp³-hybridized carbons (Fsp3) is 0.303. The van der Waals surface area contributed by atoms with E-state index in [1.807, 2.05) is 31.6 Å². The van der Waals surface area contributed by atoms with Gasteiger partial charge in [0.05, 0.1) is 19.3 Å². The van der Waals surface area contributed by atoms with Gasteiger partial charge in [0, 0.05) is 62.2 Å². The normalized spacial score (nSPS) is 19.2. The van der Waals surface area contributed by atoms with Crippen LogP contribution < -0.4 is 24.8 Å². The number of carbonyl (C=O) groups excluding carboxylic acids is 2. The molecule has 228 valence electrons.